The van der Waals surface area contributed by atoms with Gasteiger partial charge < -0.3 is 9.99 Å². The van der Waals surface area contributed by atoms with E-state index in [9.17, 15) is 4.79 Å². The zero-order chi connectivity index (χ0) is 23.6. The largest absolute Gasteiger partial charge is 0.347 e. The fourth-order valence-corrected chi connectivity index (χ4v) is 4.99. The van der Waals surface area contributed by atoms with Crippen LogP contribution in [0.25, 0.3) is 21.9 Å². The second kappa shape index (κ2) is 9.20. The second-order valence-corrected chi connectivity index (χ2v) is 9.03. The van der Waals surface area contributed by atoms with E-state index in [-0.39, 0.29) is 11.7 Å². The summed E-state index contributed by atoms with van der Waals surface area (Å²) in [5.41, 5.74) is 9.93. The Hall–Kier alpha value is -4.22. The molecule has 6 rings (SSSR count). The third-order valence-corrected chi connectivity index (χ3v) is 6.78. The molecule has 35 heavy (non-hydrogen) atoms. The van der Waals surface area contributed by atoms with Crippen molar-refractivity contribution < 1.29 is 4.79 Å². The van der Waals surface area contributed by atoms with Crippen molar-refractivity contribution in [3.63, 3.8) is 0 Å². The predicted molar refractivity (Wildman–Crippen MR) is 140 cm³/mol. The van der Waals surface area contributed by atoms with E-state index >= 15 is 0 Å². The number of carbonyl (C=O) groups excluding carboxylic acids is 1. The molecule has 2 heterocycles. The van der Waals surface area contributed by atoms with Crippen LogP contribution in [-0.4, -0.2) is 22.3 Å². The lowest BCUT2D eigenvalue weighted by atomic mass is 9.88. The maximum atomic E-state index is 13.9. The Morgan fingerprint density at radius 2 is 1.74 bits per heavy atom. The summed E-state index contributed by atoms with van der Waals surface area (Å²) in [5, 5.41) is 4.23. The molecular weight excluding hydrogens is 432 g/mol. The molecule has 1 aromatic heterocycles. The lowest BCUT2D eigenvalue weighted by Crippen LogP contribution is -2.40. The Bertz CT molecular complexity index is 1470. The normalized spacial score (nSPS) is 15.5. The van der Waals surface area contributed by atoms with Gasteiger partial charge in [0.15, 0.2) is 5.78 Å². The van der Waals surface area contributed by atoms with Gasteiger partial charge in [-0.05, 0) is 46.0 Å². The van der Waals surface area contributed by atoms with Crippen molar-refractivity contribution in [2.75, 3.05) is 11.6 Å². The van der Waals surface area contributed by atoms with Crippen LogP contribution < -0.4 is 10.4 Å². The van der Waals surface area contributed by atoms with Crippen molar-refractivity contribution in [3.05, 3.63) is 120 Å². The zero-order valence-corrected chi connectivity index (χ0v) is 19.3. The summed E-state index contributed by atoms with van der Waals surface area (Å²) in [5.74, 6) is -0.00824. The van der Waals surface area contributed by atoms with Gasteiger partial charge in [-0.15, -0.1) is 0 Å². The maximum Gasteiger partial charge on any atom is 0.168 e. The molecule has 4 aromatic carbocycles. The maximum absolute atomic E-state index is 13.9. The van der Waals surface area contributed by atoms with Gasteiger partial charge >= 0.3 is 0 Å². The summed E-state index contributed by atoms with van der Waals surface area (Å²) < 4.78 is 0. The Labute approximate surface area is 204 Å². The van der Waals surface area contributed by atoms with Crippen molar-refractivity contribution in [1.29, 1.82) is 0 Å². The first-order chi connectivity index (χ1) is 17.3. The highest BCUT2D eigenvalue weighted by Gasteiger charge is 2.28. The van der Waals surface area contributed by atoms with E-state index in [0.717, 1.165) is 38.8 Å². The number of benzene rings is 4. The number of imidazole rings is 1. The van der Waals surface area contributed by atoms with Gasteiger partial charge in [0, 0.05) is 24.2 Å². The van der Waals surface area contributed by atoms with E-state index in [1.54, 1.807) is 6.33 Å². The van der Waals surface area contributed by atoms with Crippen LogP contribution in [-0.2, 0) is 13.0 Å². The second-order valence-electron chi connectivity index (χ2n) is 9.03. The van der Waals surface area contributed by atoms with Crippen molar-refractivity contribution in [2.24, 2.45) is 5.92 Å². The lowest BCUT2D eigenvalue weighted by molar-refractivity contribution is 0.0921. The summed E-state index contributed by atoms with van der Waals surface area (Å²) >= 11 is 0. The quantitative estimate of drug-likeness (QED) is 0.327. The van der Waals surface area contributed by atoms with Crippen LogP contribution in [0.3, 0.4) is 0 Å². The van der Waals surface area contributed by atoms with Crippen LogP contribution in [0.4, 0.5) is 5.69 Å². The highest BCUT2D eigenvalue weighted by molar-refractivity contribution is 6.09. The van der Waals surface area contributed by atoms with Gasteiger partial charge in [-0.25, -0.2) is 10.4 Å². The Kier molecular flexibility index (Phi) is 5.60. The number of anilines is 1. The number of carbonyl (C=O) groups is 1. The van der Waals surface area contributed by atoms with Gasteiger partial charge in [0.2, 0.25) is 0 Å². The first kappa shape index (κ1) is 21.3. The standard InChI is InChI=1S/C30H26N4O/c35-30(28-12-6-10-22-9-4-5-11-27(22)28)25-16-24-15-23(21-7-2-1-3-8-21)13-14-29(24)34(33-17-25)19-26-18-31-20-32-26/h1-15,18,20,25,33H,16-17,19H2,(H,31,32). The highest BCUT2D eigenvalue weighted by Crippen LogP contribution is 2.33. The molecule has 0 spiro atoms. The van der Waals surface area contributed by atoms with E-state index < -0.39 is 0 Å². The minimum absolute atomic E-state index is 0.175. The Morgan fingerprint density at radius 3 is 2.60 bits per heavy atom. The molecule has 2 N–H and O–H groups in total. The molecule has 1 unspecified atom stereocenters. The molecule has 1 atom stereocenters. The number of ketones is 1. The van der Waals surface area contributed by atoms with Gasteiger partial charge in [0.25, 0.3) is 0 Å². The minimum atomic E-state index is -0.183. The van der Waals surface area contributed by atoms with Gasteiger partial charge in [0.1, 0.15) is 0 Å². The molecule has 0 amide bonds. The molecule has 0 bridgehead atoms. The van der Waals surface area contributed by atoms with E-state index in [0.29, 0.717) is 19.5 Å². The number of rotatable bonds is 5. The SMILES string of the molecule is O=C(c1cccc2ccccc12)C1CNN(Cc2cnc[nH]2)c2ccc(-c3ccccc3)cc2C1. The average molecular weight is 459 g/mol. The highest BCUT2D eigenvalue weighted by atomic mass is 16.1. The first-order valence-electron chi connectivity index (χ1n) is 11.9. The molecule has 5 aromatic rings. The van der Waals surface area contributed by atoms with Crippen molar-refractivity contribution >= 4 is 22.2 Å². The van der Waals surface area contributed by atoms with Crippen LogP contribution in [0.15, 0.2) is 104 Å². The summed E-state index contributed by atoms with van der Waals surface area (Å²) in [4.78, 5) is 21.2. The summed E-state index contributed by atoms with van der Waals surface area (Å²) in [7, 11) is 0. The topological polar surface area (TPSA) is 61.0 Å². The molecule has 0 saturated heterocycles. The zero-order valence-electron chi connectivity index (χ0n) is 19.3. The third kappa shape index (κ3) is 4.22. The van der Waals surface area contributed by atoms with Gasteiger partial charge in [-0.2, -0.15) is 0 Å². The van der Waals surface area contributed by atoms with Crippen LogP contribution in [0, 0.1) is 5.92 Å². The molecular formula is C30H26N4O. The number of nitrogens with zero attached hydrogens (tertiary/aromatic N) is 2. The summed E-state index contributed by atoms with van der Waals surface area (Å²) in [6, 6.07) is 31.0. The Balaban J connectivity index is 1.39. The van der Waals surface area contributed by atoms with Gasteiger partial charge in [-0.3, -0.25) is 4.79 Å². The van der Waals surface area contributed by atoms with Gasteiger partial charge in [-0.1, -0.05) is 78.9 Å². The average Bonchev–Trinajstić information content (AvgIpc) is 3.36. The van der Waals surface area contributed by atoms with Gasteiger partial charge in [0.05, 0.1) is 24.3 Å². The number of fused-ring (bicyclic) bond motifs is 2. The fourth-order valence-electron chi connectivity index (χ4n) is 4.99. The van der Waals surface area contributed by atoms with E-state index in [4.69, 9.17) is 0 Å². The number of hydrogen-bond acceptors (Lipinski definition) is 4. The molecule has 0 saturated carbocycles. The first-order valence-corrected chi connectivity index (χ1v) is 11.9. The predicted octanol–water partition coefficient (Wildman–Crippen LogP) is 5.80. The van der Waals surface area contributed by atoms with E-state index in [1.807, 2.05) is 42.6 Å². The number of hydrogen-bond donors (Lipinski definition) is 2. The van der Waals surface area contributed by atoms with E-state index in [1.165, 1.54) is 5.56 Å². The molecule has 0 fully saturated rings. The monoisotopic (exact) mass is 458 g/mol. The summed E-state index contributed by atoms with van der Waals surface area (Å²) in [6.45, 7) is 1.19. The van der Waals surface area contributed by atoms with Crippen LogP contribution in [0.5, 0.6) is 0 Å². The number of aromatic amines is 1. The van der Waals surface area contributed by atoms with Crippen molar-refractivity contribution in [3.8, 4) is 11.1 Å². The third-order valence-electron chi connectivity index (χ3n) is 6.78. The Morgan fingerprint density at radius 1 is 0.914 bits per heavy atom. The minimum Gasteiger partial charge on any atom is -0.347 e. The van der Waals surface area contributed by atoms with E-state index in [2.05, 4.69) is 75.0 Å². The molecule has 0 radical (unpaired) electrons. The number of hydrazine groups is 1. The molecule has 1 aliphatic heterocycles. The molecule has 0 aliphatic carbocycles. The van der Waals surface area contributed by atoms with Crippen LogP contribution >= 0.6 is 0 Å². The van der Waals surface area contributed by atoms with Crippen molar-refractivity contribution in [2.45, 2.75) is 13.0 Å². The number of nitrogens with one attached hydrogen (secondary N) is 2. The number of aromatic nitrogens is 2. The molecule has 172 valence electrons. The molecule has 1 aliphatic rings. The van der Waals surface area contributed by atoms with Crippen molar-refractivity contribution in [1.82, 2.24) is 15.4 Å². The van der Waals surface area contributed by atoms with Crippen LogP contribution in [0.2, 0.25) is 0 Å². The lowest BCUT2D eigenvalue weighted by Gasteiger charge is -2.25. The fraction of sp³-hybridized carbons (Fsp3) is 0.133. The number of Topliss-reactive ketones (excluding diaryl/α,β-unsaturated/α-hetero) is 1. The molecule has 5 nitrogen and oxygen atoms in total. The summed E-state index contributed by atoms with van der Waals surface area (Å²) in [6.07, 6.45) is 4.20. The molecule has 5 heteroatoms. The van der Waals surface area contributed by atoms with Crippen LogP contribution in [0.1, 0.15) is 21.6 Å². The number of H-pyrrole nitrogens is 1. The smallest absolute Gasteiger partial charge is 0.168 e.